The predicted octanol–water partition coefficient (Wildman–Crippen LogP) is 2.81. The number of urea groups is 1. The van der Waals surface area contributed by atoms with Gasteiger partial charge in [-0.25, -0.2) is 9.18 Å². The lowest BCUT2D eigenvalue weighted by Gasteiger charge is -2.30. The average molecular weight is 296 g/mol. The maximum Gasteiger partial charge on any atom is 0.324 e. The first kappa shape index (κ1) is 16.9. The maximum absolute atomic E-state index is 13.3. The number of carbonyl (C=O) groups excluding carboxylic acids is 1. The van der Waals surface area contributed by atoms with Gasteiger partial charge in [0, 0.05) is 25.3 Å². The normalized spacial score (nSPS) is 11.8. The van der Waals surface area contributed by atoms with Crippen molar-refractivity contribution in [3.63, 3.8) is 0 Å². The Hall–Kier alpha value is -2.11. The van der Waals surface area contributed by atoms with Crippen molar-refractivity contribution in [2.24, 2.45) is 5.92 Å². The molecule has 0 radical (unpaired) electrons. The summed E-state index contributed by atoms with van der Waals surface area (Å²) in [7, 11) is 0. The first-order chi connectivity index (χ1) is 9.90. The minimum Gasteiger partial charge on any atom is -0.481 e. The summed E-state index contributed by atoms with van der Waals surface area (Å²) >= 11 is 0. The van der Waals surface area contributed by atoms with Crippen LogP contribution in [0.25, 0.3) is 0 Å². The molecular weight excluding hydrogens is 275 g/mol. The van der Waals surface area contributed by atoms with Gasteiger partial charge in [0.1, 0.15) is 5.82 Å². The molecule has 21 heavy (non-hydrogen) atoms. The molecule has 6 heteroatoms. The van der Waals surface area contributed by atoms with Gasteiger partial charge in [-0.2, -0.15) is 0 Å². The number of hydrogen-bond acceptors (Lipinski definition) is 2. The van der Waals surface area contributed by atoms with Gasteiger partial charge >= 0.3 is 12.0 Å². The highest BCUT2D eigenvalue weighted by Gasteiger charge is 2.24. The van der Waals surface area contributed by atoms with Crippen molar-refractivity contribution in [2.45, 2.75) is 20.8 Å². The molecule has 0 aliphatic heterocycles. The fraction of sp³-hybridized carbons (Fsp3) is 0.467. The second-order valence-corrected chi connectivity index (χ2v) is 4.78. The Morgan fingerprint density at radius 3 is 2.43 bits per heavy atom. The van der Waals surface area contributed by atoms with Crippen LogP contribution in [0.15, 0.2) is 24.3 Å². The van der Waals surface area contributed by atoms with Gasteiger partial charge in [-0.1, -0.05) is 13.0 Å². The molecule has 0 fully saturated rings. The molecule has 116 valence electrons. The number of carboxylic acids is 1. The number of hydrogen-bond donors (Lipinski definition) is 1. The van der Waals surface area contributed by atoms with Crippen LogP contribution in [0, 0.1) is 11.7 Å². The van der Waals surface area contributed by atoms with E-state index in [1.54, 1.807) is 26.8 Å². The van der Waals surface area contributed by atoms with Gasteiger partial charge in [0.15, 0.2) is 0 Å². The lowest BCUT2D eigenvalue weighted by Crippen LogP contribution is -2.45. The van der Waals surface area contributed by atoms with Crippen molar-refractivity contribution >= 4 is 17.7 Å². The molecule has 0 saturated carbocycles. The van der Waals surface area contributed by atoms with E-state index in [-0.39, 0.29) is 12.6 Å². The van der Waals surface area contributed by atoms with E-state index in [1.165, 1.54) is 28.0 Å². The van der Waals surface area contributed by atoms with Gasteiger partial charge in [-0.05, 0) is 32.0 Å². The van der Waals surface area contributed by atoms with Gasteiger partial charge in [-0.15, -0.1) is 0 Å². The minimum absolute atomic E-state index is 0.122. The van der Waals surface area contributed by atoms with E-state index in [1.807, 2.05) is 0 Å². The standard InChI is InChI=1S/C15H21FN2O3/c1-4-17(10-11(3)14(19)20)15(21)18(5-2)13-8-6-7-12(16)9-13/h6-9,11H,4-5,10H2,1-3H3,(H,19,20). The Bertz CT molecular complexity index is 507. The fourth-order valence-electron chi connectivity index (χ4n) is 1.99. The summed E-state index contributed by atoms with van der Waals surface area (Å²) in [6.45, 7) is 6.01. The summed E-state index contributed by atoms with van der Waals surface area (Å²) in [5.74, 6) is -2.02. The number of amides is 2. The second kappa shape index (κ2) is 7.61. The SMILES string of the molecule is CCN(CC(C)C(=O)O)C(=O)N(CC)c1cccc(F)c1. The Labute approximate surface area is 124 Å². The van der Waals surface area contributed by atoms with Crippen molar-refractivity contribution in [1.29, 1.82) is 0 Å². The molecular formula is C15H21FN2O3. The summed E-state index contributed by atoms with van der Waals surface area (Å²) in [6.07, 6.45) is 0. The number of halogens is 1. The summed E-state index contributed by atoms with van der Waals surface area (Å²) in [5, 5.41) is 8.96. The molecule has 0 spiro atoms. The number of carboxylic acid groups (broad SMARTS) is 1. The molecule has 1 unspecified atom stereocenters. The number of rotatable bonds is 6. The molecule has 1 rings (SSSR count). The lowest BCUT2D eigenvalue weighted by molar-refractivity contribution is -0.141. The smallest absolute Gasteiger partial charge is 0.324 e. The Balaban J connectivity index is 2.92. The van der Waals surface area contributed by atoms with E-state index in [0.29, 0.717) is 18.8 Å². The third kappa shape index (κ3) is 4.44. The van der Waals surface area contributed by atoms with Crippen LogP contribution in [0.3, 0.4) is 0 Å². The zero-order chi connectivity index (χ0) is 16.0. The first-order valence-electron chi connectivity index (χ1n) is 6.95. The van der Waals surface area contributed by atoms with Crippen molar-refractivity contribution in [2.75, 3.05) is 24.5 Å². The third-order valence-corrected chi connectivity index (χ3v) is 3.24. The van der Waals surface area contributed by atoms with Crippen molar-refractivity contribution in [3.05, 3.63) is 30.1 Å². The van der Waals surface area contributed by atoms with Crippen LogP contribution in [0.2, 0.25) is 0 Å². The third-order valence-electron chi connectivity index (χ3n) is 3.24. The molecule has 1 aromatic carbocycles. The molecule has 0 aliphatic rings. The summed E-state index contributed by atoms with van der Waals surface area (Å²) in [5.41, 5.74) is 0.462. The summed E-state index contributed by atoms with van der Waals surface area (Å²) < 4.78 is 13.3. The topological polar surface area (TPSA) is 60.9 Å². The number of aliphatic carboxylic acids is 1. The van der Waals surface area contributed by atoms with Crippen molar-refractivity contribution < 1.29 is 19.1 Å². The first-order valence-corrected chi connectivity index (χ1v) is 6.95. The van der Waals surface area contributed by atoms with Crippen LogP contribution in [0.1, 0.15) is 20.8 Å². The Morgan fingerprint density at radius 2 is 1.95 bits per heavy atom. The van der Waals surface area contributed by atoms with Crippen LogP contribution in [-0.2, 0) is 4.79 Å². The zero-order valence-corrected chi connectivity index (χ0v) is 12.5. The van der Waals surface area contributed by atoms with E-state index in [0.717, 1.165) is 0 Å². The summed E-state index contributed by atoms with van der Waals surface area (Å²) in [4.78, 5) is 26.3. The number of benzene rings is 1. The number of anilines is 1. The second-order valence-electron chi connectivity index (χ2n) is 4.78. The van der Waals surface area contributed by atoms with Crippen molar-refractivity contribution in [3.8, 4) is 0 Å². The average Bonchev–Trinajstić information content (AvgIpc) is 2.45. The van der Waals surface area contributed by atoms with Gasteiger partial charge in [-0.3, -0.25) is 9.69 Å². The van der Waals surface area contributed by atoms with Crippen LogP contribution in [-0.4, -0.2) is 41.6 Å². The zero-order valence-electron chi connectivity index (χ0n) is 12.5. The lowest BCUT2D eigenvalue weighted by atomic mass is 10.2. The Morgan fingerprint density at radius 1 is 1.29 bits per heavy atom. The van der Waals surface area contributed by atoms with Gasteiger partial charge in [0.05, 0.1) is 5.92 Å². The predicted molar refractivity (Wildman–Crippen MR) is 78.9 cm³/mol. The molecule has 0 bridgehead atoms. The van der Waals surface area contributed by atoms with E-state index in [4.69, 9.17) is 5.11 Å². The molecule has 1 atom stereocenters. The summed E-state index contributed by atoms with van der Waals surface area (Å²) in [6, 6.07) is 5.47. The molecule has 0 heterocycles. The minimum atomic E-state index is -0.949. The van der Waals surface area contributed by atoms with Crippen LogP contribution < -0.4 is 4.90 Å². The van der Waals surface area contributed by atoms with E-state index < -0.39 is 17.7 Å². The molecule has 0 saturated heterocycles. The molecule has 5 nitrogen and oxygen atoms in total. The molecule has 2 amide bonds. The van der Waals surface area contributed by atoms with Gasteiger partial charge < -0.3 is 10.0 Å². The fourth-order valence-corrected chi connectivity index (χ4v) is 1.99. The number of carbonyl (C=O) groups is 2. The molecule has 0 aromatic heterocycles. The largest absolute Gasteiger partial charge is 0.481 e. The Kier molecular flexibility index (Phi) is 6.14. The number of nitrogens with zero attached hydrogens (tertiary/aromatic N) is 2. The highest BCUT2D eigenvalue weighted by atomic mass is 19.1. The highest BCUT2D eigenvalue weighted by Crippen LogP contribution is 2.17. The molecule has 1 N–H and O–H groups in total. The van der Waals surface area contributed by atoms with Gasteiger partial charge in [0.25, 0.3) is 0 Å². The van der Waals surface area contributed by atoms with Crippen LogP contribution >= 0.6 is 0 Å². The van der Waals surface area contributed by atoms with Crippen LogP contribution in [0.5, 0.6) is 0 Å². The van der Waals surface area contributed by atoms with Crippen molar-refractivity contribution in [1.82, 2.24) is 4.90 Å². The van der Waals surface area contributed by atoms with Crippen LogP contribution in [0.4, 0.5) is 14.9 Å². The van der Waals surface area contributed by atoms with Gasteiger partial charge in [0.2, 0.25) is 0 Å². The van der Waals surface area contributed by atoms with E-state index >= 15 is 0 Å². The van der Waals surface area contributed by atoms with E-state index in [9.17, 15) is 14.0 Å². The monoisotopic (exact) mass is 296 g/mol. The highest BCUT2D eigenvalue weighted by molar-refractivity contribution is 5.92. The molecule has 0 aliphatic carbocycles. The maximum atomic E-state index is 13.3. The molecule has 1 aromatic rings. The van der Waals surface area contributed by atoms with E-state index in [2.05, 4.69) is 0 Å². The quantitative estimate of drug-likeness (QED) is 0.878.